The Hall–Kier alpha value is -2.24. The molecule has 0 spiro atoms. The molecule has 122 valence electrons. The summed E-state index contributed by atoms with van der Waals surface area (Å²) >= 11 is 0. The predicted octanol–water partition coefficient (Wildman–Crippen LogP) is 2.08. The fraction of sp³-hybridized carbons (Fsp3) is 0.500. The quantitative estimate of drug-likeness (QED) is 0.808. The molecule has 0 radical (unpaired) electrons. The van der Waals surface area contributed by atoms with Crippen LogP contribution in [-0.2, 0) is 16.1 Å². The van der Waals surface area contributed by atoms with E-state index >= 15 is 0 Å². The number of benzene rings is 1. The highest BCUT2D eigenvalue weighted by Gasteiger charge is 2.24. The van der Waals surface area contributed by atoms with Gasteiger partial charge in [0.15, 0.2) is 0 Å². The number of amides is 2. The highest BCUT2D eigenvalue weighted by atomic mass is 16.5. The van der Waals surface area contributed by atoms with Gasteiger partial charge in [-0.15, -0.1) is 0 Å². The highest BCUT2D eigenvalue weighted by Crippen LogP contribution is 2.12. The number of methoxy groups -OCH3 is 1. The molecule has 1 aromatic carbocycles. The van der Waals surface area contributed by atoms with Crippen LogP contribution in [0.5, 0.6) is 5.75 Å². The number of alkyl carbamates (subject to hydrolysis) is 1. The Morgan fingerprint density at radius 2 is 2.00 bits per heavy atom. The molecule has 0 fully saturated rings. The van der Waals surface area contributed by atoms with Crippen molar-refractivity contribution >= 4 is 12.0 Å². The molecule has 0 aromatic heterocycles. The van der Waals surface area contributed by atoms with Crippen molar-refractivity contribution in [2.75, 3.05) is 13.7 Å². The van der Waals surface area contributed by atoms with Crippen LogP contribution in [0.3, 0.4) is 0 Å². The van der Waals surface area contributed by atoms with E-state index in [0.29, 0.717) is 6.54 Å². The van der Waals surface area contributed by atoms with E-state index in [4.69, 9.17) is 9.47 Å². The second-order valence-corrected chi connectivity index (χ2v) is 5.16. The van der Waals surface area contributed by atoms with Crippen molar-refractivity contribution in [1.29, 1.82) is 0 Å². The minimum Gasteiger partial charge on any atom is -0.497 e. The zero-order chi connectivity index (χ0) is 16.5. The van der Waals surface area contributed by atoms with Crippen LogP contribution in [0, 0.1) is 5.92 Å². The van der Waals surface area contributed by atoms with E-state index in [-0.39, 0.29) is 18.4 Å². The number of carbonyl (C=O) groups excluding carboxylic acids is 2. The summed E-state index contributed by atoms with van der Waals surface area (Å²) in [5, 5.41) is 5.39. The second kappa shape index (κ2) is 8.92. The molecular weight excluding hydrogens is 284 g/mol. The maximum absolute atomic E-state index is 12.2. The van der Waals surface area contributed by atoms with Crippen LogP contribution in [-0.4, -0.2) is 31.8 Å². The molecule has 0 aliphatic rings. The van der Waals surface area contributed by atoms with Crippen molar-refractivity contribution in [2.24, 2.45) is 5.92 Å². The third-order valence-corrected chi connectivity index (χ3v) is 3.10. The molecule has 0 saturated carbocycles. The van der Waals surface area contributed by atoms with Crippen molar-refractivity contribution in [1.82, 2.24) is 10.6 Å². The van der Waals surface area contributed by atoms with Crippen LogP contribution in [0.1, 0.15) is 26.3 Å². The molecule has 0 unspecified atom stereocenters. The first-order valence-corrected chi connectivity index (χ1v) is 7.31. The largest absolute Gasteiger partial charge is 0.497 e. The van der Waals surface area contributed by atoms with Crippen LogP contribution in [0.25, 0.3) is 0 Å². The van der Waals surface area contributed by atoms with Crippen LogP contribution < -0.4 is 15.4 Å². The molecule has 2 amide bonds. The van der Waals surface area contributed by atoms with Crippen molar-refractivity contribution in [3.63, 3.8) is 0 Å². The van der Waals surface area contributed by atoms with Crippen LogP contribution in [0.2, 0.25) is 0 Å². The van der Waals surface area contributed by atoms with Crippen LogP contribution in [0.4, 0.5) is 4.79 Å². The molecule has 6 nitrogen and oxygen atoms in total. The molecule has 0 heterocycles. The lowest BCUT2D eigenvalue weighted by Crippen LogP contribution is -2.49. The molecule has 6 heteroatoms. The van der Waals surface area contributed by atoms with E-state index in [1.54, 1.807) is 14.0 Å². The number of nitrogens with one attached hydrogen (secondary N) is 2. The maximum Gasteiger partial charge on any atom is 0.407 e. The minimum absolute atomic E-state index is 0.0466. The summed E-state index contributed by atoms with van der Waals surface area (Å²) in [7, 11) is 1.59. The lowest BCUT2D eigenvalue weighted by atomic mass is 10.0. The van der Waals surface area contributed by atoms with E-state index < -0.39 is 12.1 Å². The number of rotatable bonds is 7. The Balaban J connectivity index is 2.61. The van der Waals surface area contributed by atoms with E-state index in [2.05, 4.69) is 10.6 Å². The van der Waals surface area contributed by atoms with Gasteiger partial charge in [-0.2, -0.15) is 0 Å². The van der Waals surface area contributed by atoms with Crippen LogP contribution >= 0.6 is 0 Å². The zero-order valence-electron chi connectivity index (χ0n) is 13.5. The molecule has 0 aliphatic heterocycles. The van der Waals surface area contributed by atoms with Crippen LogP contribution in [0.15, 0.2) is 24.3 Å². The number of carbonyl (C=O) groups is 2. The Morgan fingerprint density at radius 3 is 2.59 bits per heavy atom. The summed E-state index contributed by atoms with van der Waals surface area (Å²) in [4.78, 5) is 23.7. The van der Waals surface area contributed by atoms with Crippen molar-refractivity contribution in [2.45, 2.75) is 33.4 Å². The topological polar surface area (TPSA) is 76.7 Å². The first-order valence-electron chi connectivity index (χ1n) is 7.31. The molecule has 0 saturated heterocycles. The average Bonchev–Trinajstić information content (AvgIpc) is 2.50. The Kier molecular flexibility index (Phi) is 7.22. The monoisotopic (exact) mass is 308 g/mol. The van der Waals surface area contributed by atoms with Gasteiger partial charge in [0, 0.05) is 6.54 Å². The molecule has 1 aromatic rings. The first kappa shape index (κ1) is 17.8. The summed E-state index contributed by atoms with van der Waals surface area (Å²) in [6.07, 6.45) is -0.585. The molecular formula is C16H24N2O4. The van der Waals surface area contributed by atoms with Crippen molar-refractivity contribution in [3.05, 3.63) is 29.8 Å². The number of ether oxygens (including phenoxy) is 2. The molecule has 22 heavy (non-hydrogen) atoms. The lowest BCUT2D eigenvalue weighted by Gasteiger charge is -2.21. The predicted molar refractivity (Wildman–Crippen MR) is 83.6 cm³/mol. The fourth-order valence-corrected chi connectivity index (χ4v) is 1.92. The van der Waals surface area contributed by atoms with Gasteiger partial charge in [0.2, 0.25) is 5.91 Å². The van der Waals surface area contributed by atoms with Gasteiger partial charge in [-0.05, 0) is 30.5 Å². The molecule has 2 N–H and O–H groups in total. The summed E-state index contributed by atoms with van der Waals surface area (Å²) in [5.41, 5.74) is 0.923. The summed E-state index contributed by atoms with van der Waals surface area (Å²) in [5.74, 6) is 0.442. The lowest BCUT2D eigenvalue weighted by molar-refractivity contribution is -0.124. The van der Waals surface area contributed by atoms with Gasteiger partial charge in [-0.1, -0.05) is 26.0 Å². The average molecular weight is 308 g/mol. The molecule has 0 aliphatic carbocycles. The van der Waals surface area contributed by atoms with Gasteiger partial charge in [-0.25, -0.2) is 4.79 Å². The summed E-state index contributed by atoms with van der Waals surface area (Å²) in [6.45, 7) is 6.07. The highest BCUT2D eigenvalue weighted by molar-refractivity contribution is 5.85. The van der Waals surface area contributed by atoms with E-state index in [1.807, 2.05) is 38.1 Å². The van der Waals surface area contributed by atoms with Crippen molar-refractivity contribution < 1.29 is 19.1 Å². The van der Waals surface area contributed by atoms with Crippen molar-refractivity contribution in [3.8, 4) is 5.75 Å². The standard InChI is InChI=1S/C16H24N2O4/c1-5-22-16(20)18-14(11(2)3)15(19)17-10-12-7-6-8-13(9-12)21-4/h6-9,11,14H,5,10H2,1-4H3,(H,17,19)(H,18,20)/t14-/m1/s1. The smallest absolute Gasteiger partial charge is 0.407 e. The van der Waals surface area contributed by atoms with E-state index in [9.17, 15) is 9.59 Å². The second-order valence-electron chi connectivity index (χ2n) is 5.16. The zero-order valence-corrected chi connectivity index (χ0v) is 13.5. The normalized spacial score (nSPS) is 11.7. The molecule has 1 atom stereocenters. The fourth-order valence-electron chi connectivity index (χ4n) is 1.92. The Bertz CT molecular complexity index is 503. The number of hydrogen-bond donors (Lipinski definition) is 2. The summed E-state index contributed by atoms with van der Waals surface area (Å²) in [6, 6.07) is 6.81. The number of hydrogen-bond acceptors (Lipinski definition) is 4. The minimum atomic E-state index is -0.635. The van der Waals surface area contributed by atoms with Gasteiger partial charge in [0.05, 0.1) is 13.7 Å². The van der Waals surface area contributed by atoms with Gasteiger partial charge < -0.3 is 20.1 Å². The van der Waals surface area contributed by atoms with Gasteiger partial charge in [0.1, 0.15) is 11.8 Å². The Morgan fingerprint density at radius 1 is 1.27 bits per heavy atom. The third-order valence-electron chi connectivity index (χ3n) is 3.10. The van der Waals surface area contributed by atoms with E-state index in [0.717, 1.165) is 11.3 Å². The molecule has 1 rings (SSSR count). The van der Waals surface area contributed by atoms with Gasteiger partial charge in [0.25, 0.3) is 0 Å². The van der Waals surface area contributed by atoms with Gasteiger partial charge in [-0.3, -0.25) is 4.79 Å². The molecule has 0 bridgehead atoms. The third kappa shape index (κ3) is 5.63. The van der Waals surface area contributed by atoms with Gasteiger partial charge >= 0.3 is 6.09 Å². The first-order chi connectivity index (χ1) is 10.5. The summed E-state index contributed by atoms with van der Waals surface area (Å²) < 4.78 is 9.96. The maximum atomic E-state index is 12.2. The Labute approximate surface area is 131 Å². The van der Waals surface area contributed by atoms with E-state index in [1.165, 1.54) is 0 Å². The SMILES string of the molecule is CCOC(=O)N[C@@H](C(=O)NCc1cccc(OC)c1)C(C)C.